The average molecular weight is 318 g/mol. The van der Waals surface area contributed by atoms with Crippen LogP contribution in [-0.4, -0.2) is 67.4 Å². The summed E-state index contributed by atoms with van der Waals surface area (Å²) < 4.78 is 0. The van der Waals surface area contributed by atoms with Crippen LogP contribution < -0.4 is 10.6 Å². The second-order valence-corrected chi connectivity index (χ2v) is 5.87. The SMILES string of the molecule is CC(=O)NCCNC(=O)CN1CCN(Cc2ccccc2)CC1. The molecule has 0 aliphatic carbocycles. The number of benzene rings is 1. The summed E-state index contributed by atoms with van der Waals surface area (Å²) in [7, 11) is 0. The summed E-state index contributed by atoms with van der Waals surface area (Å²) in [6.45, 7) is 7.60. The summed E-state index contributed by atoms with van der Waals surface area (Å²) in [5.41, 5.74) is 1.33. The summed E-state index contributed by atoms with van der Waals surface area (Å²) in [5.74, 6) is -0.0550. The number of nitrogens with zero attached hydrogens (tertiary/aromatic N) is 2. The first-order valence-electron chi connectivity index (χ1n) is 8.13. The zero-order valence-corrected chi connectivity index (χ0v) is 13.8. The Hall–Kier alpha value is -1.92. The minimum absolute atomic E-state index is 0.0202. The van der Waals surface area contributed by atoms with Crippen molar-refractivity contribution in [3.05, 3.63) is 35.9 Å². The van der Waals surface area contributed by atoms with Crippen molar-refractivity contribution in [2.75, 3.05) is 45.8 Å². The van der Waals surface area contributed by atoms with Crippen LogP contribution in [0.25, 0.3) is 0 Å². The van der Waals surface area contributed by atoms with E-state index in [1.807, 2.05) is 6.07 Å². The Kier molecular flexibility index (Phi) is 7.03. The minimum atomic E-state index is -0.0752. The van der Waals surface area contributed by atoms with E-state index in [1.165, 1.54) is 12.5 Å². The Morgan fingerprint density at radius 1 is 0.957 bits per heavy atom. The van der Waals surface area contributed by atoms with Crippen molar-refractivity contribution in [2.24, 2.45) is 0 Å². The highest BCUT2D eigenvalue weighted by Crippen LogP contribution is 2.08. The highest BCUT2D eigenvalue weighted by atomic mass is 16.2. The number of nitrogens with one attached hydrogen (secondary N) is 2. The lowest BCUT2D eigenvalue weighted by atomic mass is 10.2. The summed E-state index contributed by atoms with van der Waals surface area (Å²) in [4.78, 5) is 27.2. The van der Waals surface area contributed by atoms with Gasteiger partial charge in [-0.15, -0.1) is 0 Å². The molecule has 126 valence electrons. The number of piperazine rings is 1. The molecular formula is C17H26N4O2. The molecule has 1 fully saturated rings. The normalized spacial score (nSPS) is 16.0. The zero-order valence-electron chi connectivity index (χ0n) is 13.8. The molecule has 1 aliphatic heterocycles. The maximum Gasteiger partial charge on any atom is 0.234 e. The molecule has 1 heterocycles. The second-order valence-electron chi connectivity index (χ2n) is 5.87. The fourth-order valence-corrected chi connectivity index (χ4v) is 2.65. The first-order valence-corrected chi connectivity index (χ1v) is 8.13. The van der Waals surface area contributed by atoms with Gasteiger partial charge >= 0.3 is 0 Å². The van der Waals surface area contributed by atoms with Gasteiger partial charge in [-0.25, -0.2) is 0 Å². The van der Waals surface area contributed by atoms with Crippen LogP contribution >= 0.6 is 0 Å². The largest absolute Gasteiger partial charge is 0.355 e. The highest BCUT2D eigenvalue weighted by Gasteiger charge is 2.18. The maximum atomic E-state index is 11.8. The zero-order chi connectivity index (χ0) is 16.5. The molecule has 2 rings (SSSR count). The topological polar surface area (TPSA) is 64.7 Å². The van der Waals surface area contributed by atoms with Crippen molar-refractivity contribution in [3.8, 4) is 0 Å². The Morgan fingerprint density at radius 3 is 2.22 bits per heavy atom. The molecule has 0 saturated carbocycles. The summed E-state index contributed by atoms with van der Waals surface area (Å²) in [6.07, 6.45) is 0. The fraction of sp³-hybridized carbons (Fsp3) is 0.529. The average Bonchev–Trinajstić information content (AvgIpc) is 2.54. The van der Waals surface area contributed by atoms with E-state index in [1.54, 1.807) is 0 Å². The maximum absolute atomic E-state index is 11.8. The van der Waals surface area contributed by atoms with Gasteiger partial charge in [0.15, 0.2) is 0 Å². The molecule has 0 aromatic heterocycles. The Balaban J connectivity index is 1.60. The molecule has 1 aliphatic rings. The van der Waals surface area contributed by atoms with Gasteiger partial charge in [-0.3, -0.25) is 19.4 Å². The van der Waals surface area contributed by atoms with Crippen LogP contribution in [0.5, 0.6) is 0 Å². The van der Waals surface area contributed by atoms with E-state index in [-0.39, 0.29) is 11.8 Å². The second kappa shape index (κ2) is 9.27. The molecule has 0 radical (unpaired) electrons. The van der Waals surface area contributed by atoms with Crippen LogP contribution in [0.4, 0.5) is 0 Å². The lowest BCUT2D eigenvalue weighted by Gasteiger charge is -2.34. The molecule has 0 unspecified atom stereocenters. The molecular weight excluding hydrogens is 292 g/mol. The summed E-state index contributed by atoms with van der Waals surface area (Å²) in [5, 5.41) is 5.49. The summed E-state index contributed by atoms with van der Waals surface area (Å²) >= 11 is 0. The standard InChI is InChI=1S/C17H26N4O2/c1-15(22)18-7-8-19-17(23)14-21-11-9-20(10-12-21)13-16-5-3-2-4-6-16/h2-6H,7-14H2,1H3,(H,18,22)(H,19,23). The monoisotopic (exact) mass is 318 g/mol. The lowest BCUT2D eigenvalue weighted by molar-refractivity contribution is -0.123. The highest BCUT2D eigenvalue weighted by molar-refractivity contribution is 5.78. The molecule has 2 N–H and O–H groups in total. The smallest absolute Gasteiger partial charge is 0.234 e. The van der Waals surface area contributed by atoms with Crippen molar-refractivity contribution < 1.29 is 9.59 Å². The van der Waals surface area contributed by atoms with Crippen LogP contribution in [0.15, 0.2) is 30.3 Å². The number of hydrogen-bond donors (Lipinski definition) is 2. The first kappa shape index (κ1) is 17.4. The van der Waals surface area contributed by atoms with E-state index in [4.69, 9.17) is 0 Å². The van der Waals surface area contributed by atoms with Crippen molar-refractivity contribution in [1.29, 1.82) is 0 Å². The van der Waals surface area contributed by atoms with Gasteiger partial charge in [0, 0.05) is 52.7 Å². The van der Waals surface area contributed by atoms with E-state index in [0.29, 0.717) is 19.6 Å². The minimum Gasteiger partial charge on any atom is -0.355 e. The number of amides is 2. The summed E-state index contributed by atoms with van der Waals surface area (Å²) in [6, 6.07) is 10.5. The van der Waals surface area contributed by atoms with Gasteiger partial charge in [-0.05, 0) is 5.56 Å². The van der Waals surface area contributed by atoms with Gasteiger partial charge < -0.3 is 10.6 Å². The van der Waals surface area contributed by atoms with E-state index < -0.39 is 0 Å². The molecule has 1 aromatic carbocycles. The van der Waals surface area contributed by atoms with Gasteiger partial charge in [0.25, 0.3) is 0 Å². The van der Waals surface area contributed by atoms with Crippen LogP contribution in [0.3, 0.4) is 0 Å². The van der Waals surface area contributed by atoms with Crippen molar-refractivity contribution in [3.63, 3.8) is 0 Å². The number of rotatable bonds is 7. The van der Waals surface area contributed by atoms with Crippen molar-refractivity contribution in [2.45, 2.75) is 13.5 Å². The molecule has 2 amide bonds. The fourth-order valence-electron chi connectivity index (χ4n) is 2.65. The van der Waals surface area contributed by atoms with Crippen LogP contribution in [0.1, 0.15) is 12.5 Å². The Morgan fingerprint density at radius 2 is 1.57 bits per heavy atom. The molecule has 0 atom stereocenters. The van der Waals surface area contributed by atoms with E-state index in [0.717, 1.165) is 32.7 Å². The molecule has 6 heteroatoms. The van der Waals surface area contributed by atoms with Crippen LogP contribution in [-0.2, 0) is 16.1 Å². The third-order valence-electron chi connectivity index (χ3n) is 3.90. The van der Waals surface area contributed by atoms with E-state index in [9.17, 15) is 9.59 Å². The lowest BCUT2D eigenvalue weighted by Crippen LogP contribution is -2.49. The third-order valence-corrected chi connectivity index (χ3v) is 3.90. The Labute approximate surface area is 137 Å². The van der Waals surface area contributed by atoms with Crippen LogP contribution in [0.2, 0.25) is 0 Å². The van der Waals surface area contributed by atoms with Gasteiger partial charge in [0.05, 0.1) is 6.54 Å². The van der Waals surface area contributed by atoms with Crippen molar-refractivity contribution >= 4 is 11.8 Å². The molecule has 6 nitrogen and oxygen atoms in total. The van der Waals surface area contributed by atoms with Gasteiger partial charge in [-0.2, -0.15) is 0 Å². The van der Waals surface area contributed by atoms with Gasteiger partial charge in [0.1, 0.15) is 0 Å². The molecule has 23 heavy (non-hydrogen) atoms. The number of carbonyl (C=O) groups excluding carboxylic acids is 2. The molecule has 1 saturated heterocycles. The van der Waals surface area contributed by atoms with E-state index >= 15 is 0 Å². The quantitative estimate of drug-likeness (QED) is 0.698. The van der Waals surface area contributed by atoms with Crippen LogP contribution in [0, 0.1) is 0 Å². The molecule has 0 spiro atoms. The first-order chi connectivity index (χ1) is 11.1. The molecule has 0 bridgehead atoms. The predicted octanol–water partition coefficient (Wildman–Crippen LogP) is 0.0565. The number of hydrogen-bond acceptors (Lipinski definition) is 4. The number of carbonyl (C=O) groups is 2. The molecule has 1 aromatic rings. The van der Waals surface area contributed by atoms with Gasteiger partial charge in [-0.1, -0.05) is 30.3 Å². The van der Waals surface area contributed by atoms with Crippen molar-refractivity contribution in [1.82, 2.24) is 20.4 Å². The Bertz CT molecular complexity index is 499. The van der Waals surface area contributed by atoms with Gasteiger partial charge in [0.2, 0.25) is 11.8 Å². The predicted molar refractivity (Wildman–Crippen MR) is 89.9 cm³/mol. The third kappa shape index (κ3) is 6.80. The van der Waals surface area contributed by atoms with E-state index in [2.05, 4.69) is 44.7 Å².